The van der Waals surface area contributed by atoms with Crippen LogP contribution in [0.15, 0.2) is 27.8 Å². The summed E-state index contributed by atoms with van der Waals surface area (Å²) in [5, 5.41) is 3.69. The van der Waals surface area contributed by atoms with Crippen LogP contribution in [0.1, 0.15) is 0 Å². The number of nitrogens with one attached hydrogen (secondary N) is 2. The molecule has 1 aromatic heterocycles. The lowest BCUT2D eigenvalue weighted by Gasteiger charge is -2.28. The summed E-state index contributed by atoms with van der Waals surface area (Å²) in [6, 6.07) is 5.42. The molecule has 0 bridgehead atoms. The predicted molar refractivity (Wildman–Crippen MR) is 73.1 cm³/mol. The largest absolute Gasteiger partial charge is 0.346 e. The molecule has 0 fully saturated rings. The van der Waals surface area contributed by atoms with Gasteiger partial charge in [-0.05, 0) is 18.2 Å². The zero-order valence-electron chi connectivity index (χ0n) is 9.74. The Hall–Kier alpha value is -2.21. The highest BCUT2D eigenvalue weighted by Gasteiger charge is 2.32. The Morgan fingerprint density at radius 2 is 2.05 bits per heavy atom. The van der Waals surface area contributed by atoms with E-state index in [0.29, 0.717) is 29.6 Å². The van der Waals surface area contributed by atoms with Gasteiger partial charge in [-0.3, -0.25) is 14.3 Å². The Bertz CT molecular complexity index is 823. The summed E-state index contributed by atoms with van der Waals surface area (Å²) in [5.74, 6) is 0.614. The van der Waals surface area contributed by atoms with Crippen LogP contribution in [0.2, 0.25) is 5.02 Å². The molecule has 2 aliphatic rings. The molecule has 0 radical (unpaired) electrons. The normalized spacial score (nSPS) is 14.9. The fourth-order valence-electron chi connectivity index (χ4n) is 2.67. The average Bonchev–Trinajstić information content (AvgIpc) is 2.82. The highest BCUT2D eigenvalue weighted by molar-refractivity contribution is 6.31. The van der Waals surface area contributed by atoms with Crippen molar-refractivity contribution in [3.63, 3.8) is 0 Å². The van der Waals surface area contributed by atoms with Crippen molar-refractivity contribution in [2.24, 2.45) is 0 Å². The maximum Gasteiger partial charge on any atom is 0.330 e. The van der Waals surface area contributed by atoms with Crippen LogP contribution in [0.25, 0.3) is 0 Å². The summed E-state index contributed by atoms with van der Waals surface area (Å²) in [7, 11) is 0. The third-order valence-corrected chi connectivity index (χ3v) is 3.72. The number of H-pyrrole nitrogens is 1. The number of anilines is 4. The minimum Gasteiger partial charge on any atom is -0.346 e. The highest BCUT2D eigenvalue weighted by Crippen LogP contribution is 2.44. The first-order valence-electron chi connectivity index (χ1n) is 5.86. The number of hydrogen-bond donors (Lipinski definition) is 2. The van der Waals surface area contributed by atoms with Gasteiger partial charge in [-0.2, -0.15) is 0 Å². The van der Waals surface area contributed by atoms with E-state index in [4.69, 9.17) is 11.6 Å². The molecule has 0 atom stereocenters. The lowest BCUT2D eigenvalue weighted by atomic mass is 10.2. The monoisotopic (exact) mass is 276 g/mol. The van der Waals surface area contributed by atoms with Gasteiger partial charge in [0.1, 0.15) is 11.5 Å². The smallest absolute Gasteiger partial charge is 0.330 e. The Balaban J connectivity index is 2.07. The third kappa shape index (κ3) is 1.31. The van der Waals surface area contributed by atoms with Gasteiger partial charge in [-0.25, -0.2) is 4.79 Å². The van der Waals surface area contributed by atoms with Crippen molar-refractivity contribution in [2.75, 3.05) is 16.8 Å². The SMILES string of the molecule is O=c1[nH]c(=O)n2c3c1Nc1ccc(Cl)cc1N3CC2. The van der Waals surface area contributed by atoms with Crippen LogP contribution in [-0.4, -0.2) is 16.1 Å². The van der Waals surface area contributed by atoms with Crippen molar-refractivity contribution in [1.82, 2.24) is 9.55 Å². The Morgan fingerprint density at radius 1 is 1.21 bits per heavy atom. The van der Waals surface area contributed by atoms with E-state index in [0.717, 1.165) is 11.4 Å². The zero-order valence-corrected chi connectivity index (χ0v) is 10.5. The van der Waals surface area contributed by atoms with Crippen molar-refractivity contribution in [2.45, 2.75) is 6.54 Å². The van der Waals surface area contributed by atoms with Crippen LogP contribution in [0.3, 0.4) is 0 Å². The van der Waals surface area contributed by atoms with Crippen LogP contribution >= 0.6 is 11.6 Å². The van der Waals surface area contributed by atoms with Gasteiger partial charge in [0.05, 0.1) is 11.4 Å². The molecule has 0 unspecified atom stereocenters. The first-order chi connectivity index (χ1) is 9.15. The van der Waals surface area contributed by atoms with E-state index in [-0.39, 0.29) is 5.69 Å². The summed E-state index contributed by atoms with van der Waals surface area (Å²) >= 11 is 6.01. The zero-order chi connectivity index (χ0) is 13.1. The van der Waals surface area contributed by atoms with Gasteiger partial charge in [0.25, 0.3) is 5.56 Å². The molecule has 0 spiro atoms. The van der Waals surface area contributed by atoms with E-state index in [2.05, 4.69) is 10.3 Å². The highest BCUT2D eigenvalue weighted by atomic mass is 35.5. The van der Waals surface area contributed by atoms with Crippen molar-refractivity contribution in [3.05, 3.63) is 44.1 Å². The maximum absolute atomic E-state index is 11.9. The molecule has 2 N–H and O–H groups in total. The molecular weight excluding hydrogens is 268 g/mol. The Kier molecular flexibility index (Phi) is 1.92. The number of aromatic nitrogens is 2. The number of benzene rings is 1. The Morgan fingerprint density at radius 3 is 2.89 bits per heavy atom. The molecule has 2 aliphatic heterocycles. The van der Waals surface area contributed by atoms with Crippen LogP contribution in [0, 0.1) is 0 Å². The first kappa shape index (κ1) is 10.7. The third-order valence-electron chi connectivity index (χ3n) is 3.49. The van der Waals surface area contributed by atoms with E-state index >= 15 is 0 Å². The molecule has 3 heterocycles. The van der Waals surface area contributed by atoms with Gasteiger partial charge in [0.2, 0.25) is 0 Å². The summed E-state index contributed by atoms with van der Waals surface area (Å²) in [4.78, 5) is 27.9. The molecule has 4 rings (SSSR count). The molecule has 19 heavy (non-hydrogen) atoms. The van der Waals surface area contributed by atoms with E-state index in [1.165, 1.54) is 0 Å². The molecule has 1 aromatic carbocycles. The van der Waals surface area contributed by atoms with Gasteiger partial charge in [-0.1, -0.05) is 11.6 Å². The number of nitrogens with zero attached hydrogens (tertiary/aromatic N) is 2. The lowest BCUT2D eigenvalue weighted by Crippen LogP contribution is -2.32. The summed E-state index contributed by atoms with van der Waals surface area (Å²) < 4.78 is 1.56. The second-order valence-electron chi connectivity index (χ2n) is 4.55. The quantitative estimate of drug-likeness (QED) is 0.763. The molecule has 0 saturated carbocycles. The van der Waals surface area contributed by atoms with Gasteiger partial charge < -0.3 is 10.2 Å². The number of fused-ring (bicyclic) bond motifs is 2. The summed E-state index contributed by atoms with van der Waals surface area (Å²) in [5.41, 5.74) is 1.33. The lowest BCUT2D eigenvalue weighted by molar-refractivity contribution is 0.736. The standard InChI is InChI=1S/C12H9ClN4O2/c13-6-1-2-7-8(5-6)16-3-4-17-11(16)9(14-7)10(18)15-12(17)19/h1-2,5,14H,3-4H2,(H,15,18,19). The fourth-order valence-corrected chi connectivity index (χ4v) is 2.84. The molecule has 2 aromatic rings. The molecule has 0 aliphatic carbocycles. The second-order valence-corrected chi connectivity index (χ2v) is 4.98. The number of hydrogen-bond acceptors (Lipinski definition) is 4. The van der Waals surface area contributed by atoms with Crippen molar-refractivity contribution < 1.29 is 0 Å². The molecule has 6 nitrogen and oxygen atoms in total. The molecule has 96 valence electrons. The van der Waals surface area contributed by atoms with Crippen LogP contribution in [0.4, 0.5) is 22.9 Å². The average molecular weight is 277 g/mol. The Labute approximate surface area is 112 Å². The predicted octanol–water partition coefficient (Wildman–Crippen LogP) is 1.40. The van der Waals surface area contributed by atoms with Gasteiger partial charge in [-0.15, -0.1) is 0 Å². The summed E-state index contributed by atoms with van der Waals surface area (Å²) in [6.45, 7) is 1.19. The number of halogens is 1. The van der Waals surface area contributed by atoms with E-state index in [1.54, 1.807) is 10.6 Å². The van der Waals surface area contributed by atoms with Crippen LogP contribution in [-0.2, 0) is 6.54 Å². The number of rotatable bonds is 0. The minimum absolute atomic E-state index is 0.376. The molecule has 0 saturated heterocycles. The fraction of sp³-hybridized carbons (Fsp3) is 0.167. The van der Waals surface area contributed by atoms with E-state index in [1.807, 2.05) is 17.0 Å². The number of aromatic amines is 1. The van der Waals surface area contributed by atoms with Gasteiger partial charge in [0, 0.05) is 18.1 Å². The van der Waals surface area contributed by atoms with Crippen LogP contribution in [0.5, 0.6) is 0 Å². The van der Waals surface area contributed by atoms with Gasteiger partial charge >= 0.3 is 5.69 Å². The van der Waals surface area contributed by atoms with Gasteiger partial charge in [0.15, 0.2) is 0 Å². The van der Waals surface area contributed by atoms with Crippen molar-refractivity contribution in [1.29, 1.82) is 0 Å². The maximum atomic E-state index is 11.9. The molecule has 7 heteroatoms. The minimum atomic E-state index is -0.399. The topological polar surface area (TPSA) is 70.1 Å². The van der Waals surface area contributed by atoms with E-state index < -0.39 is 5.56 Å². The first-order valence-corrected chi connectivity index (χ1v) is 6.24. The molecule has 0 amide bonds. The second kappa shape index (κ2) is 3.42. The summed E-state index contributed by atoms with van der Waals surface area (Å²) in [6.07, 6.45) is 0. The van der Waals surface area contributed by atoms with Crippen molar-refractivity contribution in [3.8, 4) is 0 Å². The van der Waals surface area contributed by atoms with Crippen LogP contribution < -0.4 is 21.5 Å². The van der Waals surface area contributed by atoms with Crippen molar-refractivity contribution >= 4 is 34.5 Å². The molecular formula is C12H9ClN4O2. The van der Waals surface area contributed by atoms with E-state index in [9.17, 15) is 9.59 Å².